The van der Waals surface area contributed by atoms with Crippen molar-refractivity contribution < 1.29 is 9.47 Å². The van der Waals surface area contributed by atoms with E-state index in [0.29, 0.717) is 18.1 Å². The number of rotatable bonds is 7. The molecule has 1 rings (SSSR count). The molecule has 0 saturated heterocycles. The Hall–Kier alpha value is -0.160. The van der Waals surface area contributed by atoms with Crippen molar-refractivity contribution in [3.05, 3.63) is 0 Å². The molecule has 4 heteroatoms. The van der Waals surface area contributed by atoms with E-state index in [1.54, 1.807) is 14.2 Å². The summed E-state index contributed by atoms with van der Waals surface area (Å²) < 4.78 is 10.3. The standard InChI is InChI=1S/C11H24N2O2/c1-9(8-15-3)13(4-5-14-2)11-6-10(12)7-11/h9-11H,4-8,12H2,1-3H3. The molecular formula is C11H24N2O2. The molecule has 0 aromatic carbocycles. The molecule has 15 heavy (non-hydrogen) atoms. The van der Waals surface area contributed by atoms with Gasteiger partial charge in [0.05, 0.1) is 13.2 Å². The van der Waals surface area contributed by atoms with Crippen molar-refractivity contribution in [3.8, 4) is 0 Å². The van der Waals surface area contributed by atoms with Crippen LogP contribution < -0.4 is 5.73 Å². The molecule has 1 aliphatic rings. The predicted octanol–water partition coefficient (Wildman–Crippen LogP) is 0.459. The molecule has 1 unspecified atom stereocenters. The molecule has 0 spiro atoms. The van der Waals surface area contributed by atoms with Crippen molar-refractivity contribution in [1.29, 1.82) is 0 Å². The van der Waals surface area contributed by atoms with Crippen molar-refractivity contribution in [2.24, 2.45) is 5.73 Å². The monoisotopic (exact) mass is 216 g/mol. The van der Waals surface area contributed by atoms with E-state index in [2.05, 4.69) is 11.8 Å². The molecule has 0 aromatic heterocycles. The zero-order chi connectivity index (χ0) is 11.3. The van der Waals surface area contributed by atoms with Gasteiger partial charge in [-0.2, -0.15) is 0 Å². The van der Waals surface area contributed by atoms with Crippen LogP contribution in [0.5, 0.6) is 0 Å². The lowest BCUT2D eigenvalue weighted by atomic mass is 9.85. The lowest BCUT2D eigenvalue weighted by molar-refractivity contribution is 0.0153. The molecule has 0 bridgehead atoms. The van der Waals surface area contributed by atoms with E-state index >= 15 is 0 Å². The van der Waals surface area contributed by atoms with Gasteiger partial charge in [-0.1, -0.05) is 0 Å². The molecule has 0 amide bonds. The Bertz CT molecular complexity index is 167. The van der Waals surface area contributed by atoms with Crippen LogP contribution in [0.3, 0.4) is 0 Å². The molecule has 90 valence electrons. The Morgan fingerprint density at radius 2 is 2.00 bits per heavy atom. The second-order valence-electron chi connectivity index (χ2n) is 4.42. The van der Waals surface area contributed by atoms with Crippen molar-refractivity contribution in [3.63, 3.8) is 0 Å². The van der Waals surface area contributed by atoms with Gasteiger partial charge in [0.1, 0.15) is 0 Å². The van der Waals surface area contributed by atoms with Crippen LogP contribution in [0.4, 0.5) is 0 Å². The van der Waals surface area contributed by atoms with E-state index in [-0.39, 0.29) is 0 Å². The van der Waals surface area contributed by atoms with Crippen LogP contribution in [0, 0.1) is 0 Å². The highest BCUT2D eigenvalue weighted by Gasteiger charge is 2.33. The first-order valence-corrected chi connectivity index (χ1v) is 5.68. The first-order chi connectivity index (χ1) is 7.19. The Morgan fingerprint density at radius 3 is 2.47 bits per heavy atom. The SMILES string of the molecule is COCCN(C(C)COC)C1CC(N)C1. The summed E-state index contributed by atoms with van der Waals surface area (Å²) in [7, 11) is 3.49. The van der Waals surface area contributed by atoms with Gasteiger partial charge in [-0.25, -0.2) is 0 Å². The number of hydrogen-bond donors (Lipinski definition) is 1. The summed E-state index contributed by atoms with van der Waals surface area (Å²) in [6, 6.07) is 1.47. The molecule has 1 aliphatic carbocycles. The van der Waals surface area contributed by atoms with Gasteiger partial charge in [0.15, 0.2) is 0 Å². The molecule has 0 heterocycles. The topological polar surface area (TPSA) is 47.7 Å². The Balaban J connectivity index is 2.37. The number of ether oxygens (including phenoxy) is 2. The van der Waals surface area contributed by atoms with E-state index < -0.39 is 0 Å². The highest BCUT2D eigenvalue weighted by Crippen LogP contribution is 2.25. The average molecular weight is 216 g/mol. The molecule has 1 saturated carbocycles. The summed E-state index contributed by atoms with van der Waals surface area (Å²) in [5.41, 5.74) is 5.82. The molecule has 1 atom stereocenters. The van der Waals surface area contributed by atoms with Crippen LogP contribution >= 0.6 is 0 Å². The lowest BCUT2D eigenvalue weighted by Crippen LogP contribution is -2.55. The third-order valence-corrected chi connectivity index (χ3v) is 3.15. The summed E-state index contributed by atoms with van der Waals surface area (Å²) in [5, 5.41) is 0. The van der Waals surface area contributed by atoms with E-state index in [0.717, 1.165) is 32.6 Å². The van der Waals surface area contributed by atoms with Gasteiger partial charge < -0.3 is 15.2 Å². The Kier molecular flexibility index (Phi) is 5.53. The number of nitrogens with two attached hydrogens (primary N) is 1. The highest BCUT2D eigenvalue weighted by molar-refractivity contribution is 4.91. The van der Waals surface area contributed by atoms with Gasteiger partial charge in [-0.3, -0.25) is 4.90 Å². The van der Waals surface area contributed by atoms with E-state index in [9.17, 15) is 0 Å². The highest BCUT2D eigenvalue weighted by atomic mass is 16.5. The number of nitrogens with zero attached hydrogens (tertiary/aromatic N) is 1. The van der Waals surface area contributed by atoms with E-state index in [4.69, 9.17) is 15.2 Å². The smallest absolute Gasteiger partial charge is 0.0615 e. The van der Waals surface area contributed by atoms with Crippen LogP contribution in [-0.4, -0.2) is 57.0 Å². The van der Waals surface area contributed by atoms with Crippen LogP contribution in [0.15, 0.2) is 0 Å². The summed E-state index contributed by atoms with van der Waals surface area (Å²) >= 11 is 0. The Morgan fingerprint density at radius 1 is 1.33 bits per heavy atom. The van der Waals surface area contributed by atoms with Crippen LogP contribution in [0.2, 0.25) is 0 Å². The van der Waals surface area contributed by atoms with Gasteiger partial charge in [0.25, 0.3) is 0 Å². The predicted molar refractivity (Wildman–Crippen MR) is 60.9 cm³/mol. The molecular weight excluding hydrogens is 192 g/mol. The third-order valence-electron chi connectivity index (χ3n) is 3.15. The van der Waals surface area contributed by atoms with Crippen molar-refractivity contribution in [2.45, 2.75) is 37.9 Å². The largest absolute Gasteiger partial charge is 0.383 e. The van der Waals surface area contributed by atoms with Crippen molar-refractivity contribution in [1.82, 2.24) is 4.90 Å². The van der Waals surface area contributed by atoms with Gasteiger partial charge in [-0.15, -0.1) is 0 Å². The van der Waals surface area contributed by atoms with Crippen LogP contribution in [0.1, 0.15) is 19.8 Å². The zero-order valence-corrected chi connectivity index (χ0v) is 10.1. The second-order valence-corrected chi connectivity index (χ2v) is 4.42. The van der Waals surface area contributed by atoms with E-state index in [1.807, 2.05) is 0 Å². The maximum Gasteiger partial charge on any atom is 0.0615 e. The Labute approximate surface area is 92.7 Å². The summed E-state index contributed by atoms with van der Waals surface area (Å²) in [6.07, 6.45) is 2.22. The van der Waals surface area contributed by atoms with E-state index in [1.165, 1.54) is 0 Å². The maximum absolute atomic E-state index is 5.82. The lowest BCUT2D eigenvalue weighted by Gasteiger charge is -2.44. The fourth-order valence-corrected chi connectivity index (χ4v) is 2.20. The van der Waals surface area contributed by atoms with Gasteiger partial charge in [-0.05, 0) is 19.8 Å². The fourth-order valence-electron chi connectivity index (χ4n) is 2.20. The molecule has 1 fully saturated rings. The van der Waals surface area contributed by atoms with Crippen molar-refractivity contribution >= 4 is 0 Å². The van der Waals surface area contributed by atoms with Gasteiger partial charge in [0, 0.05) is 38.9 Å². The minimum Gasteiger partial charge on any atom is -0.383 e. The zero-order valence-electron chi connectivity index (χ0n) is 10.1. The summed E-state index contributed by atoms with van der Waals surface area (Å²) in [4.78, 5) is 2.45. The molecule has 2 N–H and O–H groups in total. The second kappa shape index (κ2) is 6.43. The quantitative estimate of drug-likeness (QED) is 0.671. The third kappa shape index (κ3) is 3.72. The summed E-state index contributed by atoms with van der Waals surface area (Å²) in [6.45, 7) is 4.72. The van der Waals surface area contributed by atoms with Crippen molar-refractivity contribution in [2.75, 3.05) is 34.0 Å². The normalized spacial score (nSPS) is 27.8. The number of hydrogen-bond acceptors (Lipinski definition) is 4. The summed E-state index contributed by atoms with van der Waals surface area (Å²) in [5.74, 6) is 0. The maximum atomic E-state index is 5.82. The van der Waals surface area contributed by atoms with Crippen LogP contribution in [-0.2, 0) is 9.47 Å². The minimum absolute atomic E-state index is 0.398. The van der Waals surface area contributed by atoms with Gasteiger partial charge >= 0.3 is 0 Å². The number of methoxy groups -OCH3 is 2. The molecule has 4 nitrogen and oxygen atoms in total. The molecule has 0 aliphatic heterocycles. The molecule has 0 radical (unpaired) electrons. The van der Waals surface area contributed by atoms with Crippen LogP contribution in [0.25, 0.3) is 0 Å². The first-order valence-electron chi connectivity index (χ1n) is 5.68. The fraction of sp³-hybridized carbons (Fsp3) is 1.00. The molecule has 0 aromatic rings. The van der Waals surface area contributed by atoms with Gasteiger partial charge in [0.2, 0.25) is 0 Å². The average Bonchev–Trinajstić information content (AvgIpc) is 2.16. The minimum atomic E-state index is 0.398. The first kappa shape index (κ1) is 12.9.